The van der Waals surface area contributed by atoms with Crippen molar-refractivity contribution in [1.82, 2.24) is 0 Å². The van der Waals surface area contributed by atoms with E-state index in [1.165, 1.54) is 5.56 Å². The summed E-state index contributed by atoms with van der Waals surface area (Å²) in [6, 6.07) is 13.5. The average molecular weight is 381 g/mol. The lowest BCUT2D eigenvalue weighted by Gasteiger charge is -2.13. The van der Waals surface area contributed by atoms with Crippen LogP contribution in [0.3, 0.4) is 0 Å². The Labute approximate surface area is 169 Å². The van der Waals surface area contributed by atoms with Gasteiger partial charge in [-0.15, -0.1) is 0 Å². The summed E-state index contributed by atoms with van der Waals surface area (Å²) in [6.45, 7) is 11.8. The van der Waals surface area contributed by atoms with Gasteiger partial charge in [0.2, 0.25) is 0 Å². The number of hydrogen-bond donors (Lipinski definition) is 0. The van der Waals surface area contributed by atoms with Crippen molar-refractivity contribution in [3.8, 4) is 11.5 Å². The van der Waals surface area contributed by atoms with E-state index in [9.17, 15) is 4.79 Å². The van der Waals surface area contributed by atoms with Gasteiger partial charge in [0.25, 0.3) is 0 Å². The Kier molecular flexibility index (Phi) is 8.31. The highest BCUT2D eigenvalue weighted by Crippen LogP contribution is 2.24. The number of benzene rings is 2. The maximum Gasteiger partial charge on any atom is 0.189 e. The summed E-state index contributed by atoms with van der Waals surface area (Å²) in [7, 11) is 0. The molecule has 0 saturated carbocycles. The minimum atomic E-state index is -0.0731. The molecule has 0 fully saturated rings. The van der Waals surface area contributed by atoms with Gasteiger partial charge in [-0.3, -0.25) is 4.79 Å². The second kappa shape index (κ2) is 10.7. The number of aryl methyl sites for hydroxylation is 1. The Morgan fingerprint density at radius 1 is 0.929 bits per heavy atom. The van der Waals surface area contributed by atoms with Crippen molar-refractivity contribution in [3.63, 3.8) is 0 Å². The van der Waals surface area contributed by atoms with Crippen LogP contribution in [0.15, 0.2) is 48.5 Å². The van der Waals surface area contributed by atoms with Crippen molar-refractivity contribution < 1.29 is 14.3 Å². The second-order valence-electron chi connectivity index (χ2n) is 7.83. The van der Waals surface area contributed by atoms with E-state index in [-0.39, 0.29) is 5.78 Å². The molecule has 2 rings (SSSR count). The van der Waals surface area contributed by atoms with E-state index in [1.54, 1.807) is 12.1 Å². The van der Waals surface area contributed by atoms with Gasteiger partial charge >= 0.3 is 0 Å². The zero-order valence-electron chi connectivity index (χ0n) is 17.7. The van der Waals surface area contributed by atoms with Crippen LogP contribution in [0.25, 0.3) is 6.08 Å². The molecule has 0 aliphatic rings. The molecule has 0 spiro atoms. The topological polar surface area (TPSA) is 35.5 Å². The van der Waals surface area contributed by atoms with Crippen molar-refractivity contribution in [2.24, 2.45) is 11.8 Å². The van der Waals surface area contributed by atoms with Gasteiger partial charge in [0.05, 0.1) is 18.8 Å². The molecular formula is C25H32O3. The molecule has 0 heterocycles. The van der Waals surface area contributed by atoms with Gasteiger partial charge in [0.15, 0.2) is 5.78 Å². The molecule has 0 atom stereocenters. The molecule has 3 nitrogen and oxygen atoms in total. The fraction of sp³-hybridized carbons (Fsp3) is 0.400. The van der Waals surface area contributed by atoms with E-state index < -0.39 is 0 Å². The number of para-hydroxylation sites is 1. The molecule has 150 valence electrons. The van der Waals surface area contributed by atoms with E-state index in [0.29, 0.717) is 36.4 Å². The molecular weight excluding hydrogens is 348 g/mol. The van der Waals surface area contributed by atoms with Crippen LogP contribution >= 0.6 is 0 Å². The van der Waals surface area contributed by atoms with Gasteiger partial charge in [0, 0.05) is 5.56 Å². The summed E-state index contributed by atoms with van der Waals surface area (Å²) in [5.41, 5.74) is 2.72. The van der Waals surface area contributed by atoms with Gasteiger partial charge in [-0.25, -0.2) is 0 Å². The van der Waals surface area contributed by atoms with E-state index in [2.05, 4.69) is 46.8 Å². The third kappa shape index (κ3) is 6.56. The Bertz CT molecular complexity index is 803. The first-order chi connectivity index (χ1) is 13.4. The molecule has 0 saturated heterocycles. The normalized spacial score (nSPS) is 11.4. The number of carbonyl (C=O) groups excluding carboxylic acids is 1. The molecule has 0 aromatic heterocycles. The maximum absolute atomic E-state index is 12.8. The van der Waals surface area contributed by atoms with Gasteiger partial charge < -0.3 is 9.47 Å². The van der Waals surface area contributed by atoms with Gasteiger partial charge in [0.1, 0.15) is 11.5 Å². The highest BCUT2D eigenvalue weighted by Gasteiger charge is 2.11. The first-order valence-corrected chi connectivity index (χ1v) is 10.1. The molecule has 28 heavy (non-hydrogen) atoms. The van der Waals surface area contributed by atoms with Crippen molar-refractivity contribution in [3.05, 3.63) is 65.2 Å². The summed E-state index contributed by atoms with van der Waals surface area (Å²) >= 11 is 0. The predicted molar refractivity (Wildman–Crippen MR) is 116 cm³/mol. The summed E-state index contributed by atoms with van der Waals surface area (Å²) < 4.78 is 11.8. The van der Waals surface area contributed by atoms with E-state index >= 15 is 0 Å². The van der Waals surface area contributed by atoms with E-state index in [1.807, 2.05) is 30.3 Å². The summed E-state index contributed by atoms with van der Waals surface area (Å²) in [6.07, 6.45) is 4.38. The van der Waals surface area contributed by atoms with Crippen molar-refractivity contribution >= 4 is 11.9 Å². The molecule has 2 aromatic carbocycles. The van der Waals surface area contributed by atoms with E-state index in [4.69, 9.17) is 9.47 Å². The summed E-state index contributed by atoms with van der Waals surface area (Å²) in [5, 5.41) is 0. The van der Waals surface area contributed by atoms with Gasteiger partial charge in [-0.05, 0) is 60.2 Å². The van der Waals surface area contributed by atoms with E-state index in [0.717, 1.165) is 17.7 Å². The molecule has 0 aliphatic carbocycles. The number of carbonyl (C=O) groups is 1. The standard InChI is InChI=1S/C25H32O3/c1-6-20-11-14-24(27-16-18(2)3)21(15-20)12-13-23(26)22-9-7-8-10-25(22)28-17-19(4)5/h7-15,18-19H,6,16-17H2,1-5H3/b13-12+. The van der Waals surface area contributed by atoms with Crippen molar-refractivity contribution in [1.29, 1.82) is 0 Å². The minimum Gasteiger partial charge on any atom is -0.493 e. The first kappa shape index (κ1) is 21.7. The fourth-order valence-corrected chi connectivity index (χ4v) is 2.64. The number of allylic oxidation sites excluding steroid dienone is 1. The SMILES string of the molecule is CCc1ccc(OCC(C)C)c(/C=C/C(=O)c2ccccc2OCC(C)C)c1. The molecule has 0 amide bonds. The van der Waals surface area contributed by atoms with Crippen LogP contribution in [0.1, 0.15) is 56.1 Å². The first-order valence-electron chi connectivity index (χ1n) is 10.1. The van der Waals surface area contributed by atoms with Gasteiger partial charge in [-0.2, -0.15) is 0 Å². The lowest BCUT2D eigenvalue weighted by Crippen LogP contribution is -2.08. The quantitative estimate of drug-likeness (QED) is 0.363. The fourth-order valence-electron chi connectivity index (χ4n) is 2.64. The van der Waals surface area contributed by atoms with Gasteiger partial charge in [-0.1, -0.05) is 52.8 Å². The lowest BCUT2D eigenvalue weighted by molar-refractivity contribution is 0.104. The molecule has 0 unspecified atom stereocenters. The third-order valence-corrected chi connectivity index (χ3v) is 4.19. The largest absolute Gasteiger partial charge is 0.493 e. The number of ether oxygens (including phenoxy) is 2. The number of rotatable bonds is 10. The minimum absolute atomic E-state index is 0.0731. The molecule has 2 aromatic rings. The highest BCUT2D eigenvalue weighted by molar-refractivity contribution is 6.08. The maximum atomic E-state index is 12.8. The Hall–Kier alpha value is -2.55. The summed E-state index contributed by atoms with van der Waals surface area (Å²) in [5.74, 6) is 2.20. The Morgan fingerprint density at radius 3 is 2.21 bits per heavy atom. The molecule has 0 N–H and O–H groups in total. The van der Waals surface area contributed by atoms with Crippen LogP contribution in [-0.2, 0) is 6.42 Å². The smallest absolute Gasteiger partial charge is 0.189 e. The molecule has 0 bridgehead atoms. The average Bonchev–Trinajstić information content (AvgIpc) is 2.69. The molecule has 0 aliphatic heterocycles. The Balaban J connectivity index is 2.24. The van der Waals surface area contributed by atoms with Crippen LogP contribution in [0.2, 0.25) is 0 Å². The van der Waals surface area contributed by atoms with Crippen LogP contribution in [0.4, 0.5) is 0 Å². The molecule has 0 radical (unpaired) electrons. The van der Waals surface area contributed by atoms with Crippen LogP contribution in [0.5, 0.6) is 11.5 Å². The van der Waals surface area contributed by atoms with Crippen LogP contribution in [-0.4, -0.2) is 19.0 Å². The van der Waals surface area contributed by atoms with Crippen LogP contribution < -0.4 is 9.47 Å². The predicted octanol–water partition coefficient (Wildman–Crippen LogP) is 6.21. The molecule has 3 heteroatoms. The zero-order chi connectivity index (χ0) is 20.5. The van der Waals surface area contributed by atoms with Crippen molar-refractivity contribution in [2.75, 3.05) is 13.2 Å². The van der Waals surface area contributed by atoms with Crippen LogP contribution in [0, 0.1) is 11.8 Å². The number of ketones is 1. The summed E-state index contributed by atoms with van der Waals surface area (Å²) in [4.78, 5) is 12.8. The second-order valence-corrected chi connectivity index (χ2v) is 7.83. The monoisotopic (exact) mass is 380 g/mol. The van der Waals surface area contributed by atoms with Crippen molar-refractivity contribution in [2.45, 2.75) is 41.0 Å². The number of hydrogen-bond acceptors (Lipinski definition) is 3. The lowest BCUT2D eigenvalue weighted by atomic mass is 10.0. The highest BCUT2D eigenvalue weighted by atomic mass is 16.5. The third-order valence-electron chi connectivity index (χ3n) is 4.19. The Morgan fingerprint density at radius 2 is 1.57 bits per heavy atom. The zero-order valence-corrected chi connectivity index (χ0v) is 17.7.